The van der Waals surface area contributed by atoms with Crippen LogP contribution in [-0.2, 0) is 0 Å². The van der Waals surface area contributed by atoms with Crippen LogP contribution in [0, 0.1) is 0 Å². The molecule has 0 saturated carbocycles. The summed E-state index contributed by atoms with van der Waals surface area (Å²) in [4.78, 5) is 0. The van der Waals surface area contributed by atoms with E-state index in [0.717, 1.165) is 6.54 Å². The summed E-state index contributed by atoms with van der Waals surface area (Å²) in [5.41, 5.74) is 5.28. The van der Waals surface area contributed by atoms with Gasteiger partial charge in [0.25, 0.3) is 0 Å². The summed E-state index contributed by atoms with van der Waals surface area (Å²) in [6, 6.07) is 0. The molecule has 0 amide bonds. The third-order valence-electron chi connectivity index (χ3n) is 1.76. The zero-order valence-corrected chi connectivity index (χ0v) is 6.77. The summed E-state index contributed by atoms with van der Waals surface area (Å²) < 4.78 is 0. The number of rotatable bonds is 3. The predicted molar refractivity (Wildman–Crippen MR) is 43.5 cm³/mol. The van der Waals surface area contributed by atoms with Crippen molar-refractivity contribution in [1.82, 2.24) is 10.0 Å². The topological polar surface area (TPSA) is 52.7 Å². The number of hydrogen-bond acceptors (Lipinski definition) is 4. The third kappa shape index (κ3) is 2.18. The lowest BCUT2D eigenvalue weighted by Gasteiger charge is -2.26. The molecular weight excluding hydrogens is 142 g/mol. The van der Waals surface area contributed by atoms with E-state index in [1.165, 1.54) is 0 Å². The highest BCUT2D eigenvalue weighted by atomic mass is 16.3. The Balaban J connectivity index is 2.30. The normalized spacial score (nSPS) is 21.2. The molecule has 64 valence electrons. The van der Waals surface area contributed by atoms with Crippen molar-refractivity contribution in [2.24, 2.45) is 5.73 Å². The van der Waals surface area contributed by atoms with Gasteiger partial charge in [-0.05, 0) is 0 Å². The average molecular weight is 157 g/mol. The SMILES string of the molecule is CN1CC=CN1C[C@@H](O)CN. The fraction of sp³-hybridized carbons (Fsp3) is 0.714. The summed E-state index contributed by atoms with van der Waals surface area (Å²) in [7, 11) is 1.98. The predicted octanol–water partition coefficient (Wildman–Crippen LogP) is -1.02. The Labute approximate surface area is 66.9 Å². The monoisotopic (exact) mass is 157 g/mol. The van der Waals surface area contributed by atoms with Gasteiger partial charge in [0.1, 0.15) is 0 Å². The van der Waals surface area contributed by atoms with Crippen LogP contribution in [0.25, 0.3) is 0 Å². The summed E-state index contributed by atoms with van der Waals surface area (Å²) in [5, 5.41) is 13.2. The zero-order chi connectivity index (χ0) is 8.27. The van der Waals surface area contributed by atoms with Gasteiger partial charge in [0.15, 0.2) is 0 Å². The highest BCUT2D eigenvalue weighted by molar-refractivity contribution is 4.90. The van der Waals surface area contributed by atoms with Gasteiger partial charge in [-0.3, -0.25) is 0 Å². The molecule has 0 spiro atoms. The maximum Gasteiger partial charge on any atom is 0.0852 e. The molecule has 0 fully saturated rings. The van der Waals surface area contributed by atoms with Gasteiger partial charge >= 0.3 is 0 Å². The molecule has 4 nitrogen and oxygen atoms in total. The van der Waals surface area contributed by atoms with Crippen LogP contribution in [0.15, 0.2) is 12.3 Å². The maximum atomic E-state index is 9.21. The molecule has 4 heteroatoms. The van der Waals surface area contributed by atoms with E-state index in [0.29, 0.717) is 13.1 Å². The smallest absolute Gasteiger partial charge is 0.0852 e. The molecule has 1 atom stereocenters. The molecular formula is C7H15N3O. The summed E-state index contributed by atoms with van der Waals surface area (Å²) in [5.74, 6) is 0. The standard InChI is InChI=1S/C7H15N3O/c1-9-3-2-4-10(9)6-7(11)5-8/h2,4,7,11H,3,5-6,8H2,1H3/t7-/m0/s1. The van der Waals surface area contributed by atoms with Crippen molar-refractivity contribution in [2.45, 2.75) is 6.10 Å². The van der Waals surface area contributed by atoms with Crippen molar-refractivity contribution in [3.63, 3.8) is 0 Å². The van der Waals surface area contributed by atoms with E-state index in [9.17, 15) is 5.11 Å². The molecule has 1 aliphatic rings. The number of hydrazine groups is 1. The van der Waals surface area contributed by atoms with Crippen molar-refractivity contribution in [3.8, 4) is 0 Å². The van der Waals surface area contributed by atoms with E-state index in [1.54, 1.807) is 0 Å². The van der Waals surface area contributed by atoms with Crippen LogP contribution in [-0.4, -0.2) is 47.9 Å². The molecule has 0 saturated heterocycles. The number of likely N-dealkylation sites (N-methyl/N-ethyl adjacent to an activating group) is 1. The number of hydrogen-bond donors (Lipinski definition) is 2. The van der Waals surface area contributed by atoms with Crippen LogP contribution in [0.4, 0.5) is 0 Å². The minimum Gasteiger partial charge on any atom is -0.390 e. The first-order valence-electron chi connectivity index (χ1n) is 3.76. The highest BCUT2D eigenvalue weighted by Crippen LogP contribution is 2.04. The Bertz CT molecular complexity index is 149. The number of nitrogens with two attached hydrogens (primary N) is 1. The van der Waals surface area contributed by atoms with Crippen molar-refractivity contribution < 1.29 is 5.11 Å². The van der Waals surface area contributed by atoms with E-state index in [4.69, 9.17) is 5.73 Å². The second kappa shape index (κ2) is 3.71. The van der Waals surface area contributed by atoms with E-state index in [-0.39, 0.29) is 0 Å². The van der Waals surface area contributed by atoms with Crippen LogP contribution < -0.4 is 5.73 Å². The van der Waals surface area contributed by atoms with Gasteiger partial charge in [-0.2, -0.15) is 0 Å². The lowest BCUT2D eigenvalue weighted by atomic mass is 10.3. The third-order valence-corrected chi connectivity index (χ3v) is 1.76. The Morgan fingerprint density at radius 2 is 2.45 bits per heavy atom. The molecule has 1 rings (SSSR count). The van der Waals surface area contributed by atoms with Crippen molar-refractivity contribution in [1.29, 1.82) is 0 Å². The zero-order valence-electron chi connectivity index (χ0n) is 6.77. The van der Waals surface area contributed by atoms with Crippen molar-refractivity contribution in [2.75, 3.05) is 26.7 Å². The molecule has 1 aliphatic heterocycles. The molecule has 0 aromatic heterocycles. The fourth-order valence-electron chi connectivity index (χ4n) is 1.03. The Morgan fingerprint density at radius 3 is 2.91 bits per heavy atom. The second-order valence-corrected chi connectivity index (χ2v) is 2.74. The van der Waals surface area contributed by atoms with E-state index in [1.807, 2.05) is 29.3 Å². The summed E-state index contributed by atoms with van der Waals surface area (Å²) >= 11 is 0. The Morgan fingerprint density at radius 1 is 1.73 bits per heavy atom. The Kier molecular flexibility index (Phi) is 2.87. The lowest BCUT2D eigenvalue weighted by molar-refractivity contribution is 0.0323. The summed E-state index contributed by atoms with van der Waals surface area (Å²) in [6.07, 6.45) is 3.57. The molecule has 0 aromatic carbocycles. The minimum atomic E-state index is -0.430. The number of β-amino-alcohol motifs (C(OH)–C–C–N with tert-alkyl or cyclic N) is 1. The first kappa shape index (κ1) is 8.52. The van der Waals surface area contributed by atoms with E-state index in [2.05, 4.69) is 0 Å². The number of nitrogens with zero attached hydrogens (tertiary/aromatic N) is 2. The van der Waals surface area contributed by atoms with Crippen molar-refractivity contribution >= 4 is 0 Å². The quantitative estimate of drug-likeness (QED) is 0.551. The van der Waals surface area contributed by atoms with Crippen LogP contribution in [0.5, 0.6) is 0 Å². The molecule has 0 radical (unpaired) electrons. The minimum absolute atomic E-state index is 0.318. The van der Waals surface area contributed by atoms with Crippen LogP contribution >= 0.6 is 0 Å². The summed E-state index contributed by atoms with van der Waals surface area (Å²) in [6.45, 7) is 1.82. The van der Waals surface area contributed by atoms with Crippen LogP contribution in [0.2, 0.25) is 0 Å². The maximum absolute atomic E-state index is 9.21. The van der Waals surface area contributed by atoms with E-state index >= 15 is 0 Å². The van der Waals surface area contributed by atoms with Gasteiger partial charge in [-0.15, -0.1) is 0 Å². The van der Waals surface area contributed by atoms with Gasteiger partial charge in [-0.25, -0.2) is 5.01 Å². The molecule has 1 heterocycles. The largest absolute Gasteiger partial charge is 0.390 e. The second-order valence-electron chi connectivity index (χ2n) is 2.74. The first-order chi connectivity index (χ1) is 5.24. The molecule has 11 heavy (non-hydrogen) atoms. The first-order valence-corrected chi connectivity index (χ1v) is 3.76. The molecule has 0 unspecified atom stereocenters. The molecule has 0 aliphatic carbocycles. The van der Waals surface area contributed by atoms with Gasteiger partial charge in [0, 0.05) is 26.3 Å². The molecule has 0 aromatic rings. The van der Waals surface area contributed by atoms with Crippen LogP contribution in [0.1, 0.15) is 0 Å². The number of aliphatic hydroxyl groups is 1. The van der Waals surface area contributed by atoms with Crippen LogP contribution in [0.3, 0.4) is 0 Å². The van der Waals surface area contributed by atoms with E-state index < -0.39 is 6.10 Å². The fourth-order valence-corrected chi connectivity index (χ4v) is 1.03. The van der Waals surface area contributed by atoms with Gasteiger partial charge in [-0.1, -0.05) is 6.08 Å². The van der Waals surface area contributed by atoms with Gasteiger partial charge in [0.2, 0.25) is 0 Å². The van der Waals surface area contributed by atoms with Gasteiger partial charge < -0.3 is 15.8 Å². The average Bonchev–Trinajstić information content (AvgIpc) is 2.37. The van der Waals surface area contributed by atoms with Gasteiger partial charge in [0.05, 0.1) is 12.6 Å². The lowest BCUT2D eigenvalue weighted by Crippen LogP contribution is -2.39. The molecule has 0 bridgehead atoms. The Hall–Kier alpha value is -0.580. The highest BCUT2D eigenvalue weighted by Gasteiger charge is 2.13. The van der Waals surface area contributed by atoms with Crippen molar-refractivity contribution in [3.05, 3.63) is 12.3 Å². The number of aliphatic hydroxyl groups excluding tert-OH is 1. The molecule has 3 N–H and O–H groups in total.